The standard InChI is InChI=1S/C23H24N4O3S2/c28-23(26-13-11-25(12-14-26)21-8-3-4-10-24-21)20-16-18-6-1-2-7-19(18)17-27(20)32(29,30)22-9-5-15-31-22/h1-10,15,20H,11-14,16-17H2. The Hall–Kier alpha value is -2.75. The fraction of sp³-hybridized carbons (Fsp3) is 0.304. The number of pyridine rings is 1. The van der Waals surface area contributed by atoms with Crippen molar-refractivity contribution >= 4 is 33.1 Å². The van der Waals surface area contributed by atoms with Gasteiger partial charge in [0, 0.05) is 38.9 Å². The van der Waals surface area contributed by atoms with Crippen LogP contribution in [0.5, 0.6) is 0 Å². The molecule has 1 unspecified atom stereocenters. The number of carbonyl (C=O) groups is 1. The zero-order valence-corrected chi connectivity index (χ0v) is 19.1. The fourth-order valence-electron chi connectivity index (χ4n) is 4.40. The monoisotopic (exact) mass is 468 g/mol. The first kappa shape index (κ1) is 21.1. The Labute approximate surface area is 192 Å². The van der Waals surface area contributed by atoms with Gasteiger partial charge < -0.3 is 9.80 Å². The molecule has 3 aromatic rings. The molecule has 1 saturated heterocycles. The maximum absolute atomic E-state index is 13.6. The van der Waals surface area contributed by atoms with Gasteiger partial charge in [0.25, 0.3) is 10.0 Å². The molecular formula is C23H24N4O3S2. The number of fused-ring (bicyclic) bond motifs is 1. The minimum absolute atomic E-state index is 0.125. The van der Waals surface area contributed by atoms with Crippen LogP contribution in [0.4, 0.5) is 5.82 Å². The number of amides is 1. The highest BCUT2D eigenvalue weighted by Crippen LogP contribution is 2.32. The molecule has 1 aromatic carbocycles. The van der Waals surface area contributed by atoms with Crippen molar-refractivity contribution in [2.75, 3.05) is 31.1 Å². The van der Waals surface area contributed by atoms with E-state index in [2.05, 4.69) is 9.88 Å². The number of hydrogen-bond donors (Lipinski definition) is 0. The van der Waals surface area contributed by atoms with Gasteiger partial charge in [0.1, 0.15) is 16.1 Å². The first-order valence-electron chi connectivity index (χ1n) is 10.6. The number of hydrogen-bond acceptors (Lipinski definition) is 6. The highest BCUT2D eigenvalue weighted by molar-refractivity contribution is 7.91. The topological polar surface area (TPSA) is 73.8 Å². The molecule has 7 nitrogen and oxygen atoms in total. The van der Waals surface area contributed by atoms with E-state index in [1.54, 1.807) is 28.6 Å². The zero-order chi connectivity index (χ0) is 22.1. The normalized spacial score (nSPS) is 19.6. The smallest absolute Gasteiger partial charge is 0.253 e. The zero-order valence-electron chi connectivity index (χ0n) is 17.5. The molecule has 1 atom stereocenters. The van der Waals surface area contributed by atoms with Crippen LogP contribution in [0.15, 0.2) is 70.4 Å². The summed E-state index contributed by atoms with van der Waals surface area (Å²) in [6, 6.07) is 16.2. The molecule has 0 radical (unpaired) electrons. The highest BCUT2D eigenvalue weighted by atomic mass is 32.2. The van der Waals surface area contributed by atoms with E-state index in [1.165, 1.54) is 15.6 Å². The van der Waals surface area contributed by atoms with E-state index in [9.17, 15) is 13.2 Å². The number of aromatic nitrogens is 1. The van der Waals surface area contributed by atoms with Gasteiger partial charge in [-0.15, -0.1) is 11.3 Å². The van der Waals surface area contributed by atoms with Gasteiger partial charge in [-0.25, -0.2) is 13.4 Å². The number of piperazine rings is 1. The van der Waals surface area contributed by atoms with E-state index in [0.29, 0.717) is 32.6 Å². The van der Waals surface area contributed by atoms with Crippen LogP contribution >= 0.6 is 11.3 Å². The molecule has 4 heterocycles. The maximum Gasteiger partial charge on any atom is 0.253 e. The number of benzene rings is 1. The van der Waals surface area contributed by atoms with E-state index >= 15 is 0 Å². The Bertz CT molecular complexity index is 1190. The Morgan fingerprint density at radius 1 is 0.938 bits per heavy atom. The van der Waals surface area contributed by atoms with Crippen LogP contribution in [0.3, 0.4) is 0 Å². The number of rotatable bonds is 4. The number of carbonyl (C=O) groups excluding carboxylic acids is 1. The molecule has 2 aromatic heterocycles. The van der Waals surface area contributed by atoms with Crippen molar-refractivity contribution in [1.82, 2.24) is 14.2 Å². The summed E-state index contributed by atoms with van der Waals surface area (Å²) in [7, 11) is -3.76. The average Bonchev–Trinajstić information content (AvgIpc) is 3.39. The summed E-state index contributed by atoms with van der Waals surface area (Å²) in [5.41, 5.74) is 1.99. The Morgan fingerprint density at radius 2 is 1.69 bits per heavy atom. The van der Waals surface area contributed by atoms with E-state index in [0.717, 1.165) is 16.9 Å². The largest absolute Gasteiger partial charge is 0.353 e. The number of anilines is 1. The van der Waals surface area contributed by atoms with Gasteiger partial charge in [0.15, 0.2) is 0 Å². The first-order chi connectivity index (χ1) is 15.5. The third-order valence-corrected chi connectivity index (χ3v) is 9.34. The van der Waals surface area contributed by atoms with Crippen molar-refractivity contribution in [3.8, 4) is 0 Å². The SMILES string of the molecule is O=C(C1Cc2ccccc2CN1S(=O)(=O)c1cccs1)N1CCN(c2ccccn2)CC1. The van der Waals surface area contributed by atoms with Crippen LogP contribution in [0, 0.1) is 0 Å². The van der Waals surface area contributed by atoms with Gasteiger partial charge in [-0.1, -0.05) is 36.4 Å². The molecule has 2 aliphatic rings. The summed E-state index contributed by atoms with van der Waals surface area (Å²) in [4.78, 5) is 22.0. The van der Waals surface area contributed by atoms with Crippen LogP contribution in [0.25, 0.3) is 0 Å². The van der Waals surface area contributed by atoms with Gasteiger partial charge >= 0.3 is 0 Å². The molecule has 0 bridgehead atoms. The van der Waals surface area contributed by atoms with Crippen LogP contribution in [-0.4, -0.2) is 60.7 Å². The molecule has 32 heavy (non-hydrogen) atoms. The van der Waals surface area contributed by atoms with Gasteiger partial charge in [-0.2, -0.15) is 4.31 Å². The Balaban J connectivity index is 1.39. The second-order valence-corrected chi connectivity index (χ2v) is 11.0. The fourth-order valence-corrected chi connectivity index (χ4v) is 7.07. The van der Waals surface area contributed by atoms with E-state index in [1.807, 2.05) is 42.5 Å². The third-order valence-electron chi connectivity index (χ3n) is 6.11. The van der Waals surface area contributed by atoms with Gasteiger partial charge in [-0.3, -0.25) is 4.79 Å². The lowest BCUT2D eigenvalue weighted by Crippen LogP contribution is -2.57. The van der Waals surface area contributed by atoms with Crippen LogP contribution in [0.2, 0.25) is 0 Å². The predicted molar refractivity (Wildman–Crippen MR) is 124 cm³/mol. The van der Waals surface area contributed by atoms with Crippen LogP contribution in [-0.2, 0) is 27.8 Å². The van der Waals surface area contributed by atoms with Gasteiger partial charge in [0.05, 0.1) is 0 Å². The lowest BCUT2D eigenvalue weighted by Gasteiger charge is -2.40. The van der Waals surface area contributed by atoms with E-state index in [-0.39, 0.29) is 16.7 Å². The van der Waals surface area contributed by atoms with Gasteiger partial charge in [-0.05, 0) is 41.1 Å². The summed E-state index contributed by atoms with van der Waals surface area (Å²) in [6.45, 7) is 2.63. The Kier molecular flexibility index (Phi) is 5.71. The molecule has 2 aliphatic heterocycles. The summed E-state index contributed by atoms with van der Waals surface area (Å²) in [6.07, 6.45) is 2.15. The highest BCUT2D eigenvalue weighted by Gasteiger charge is 2.42. The molecule has 0 spiro atoms. The lowest BCUT2D eigenvalue weighted by molar-refractivity contribution is -0.136. The first-order valence-corrected chi connectivity index (χ1v) is 12.9. The summed E-state index contributed by atoms with van der Waals surface area (Å²) >= 11 is 1.18. The molecule has 1 fully saturated rings. The average molecular weight is 469 g/mol. The van der Waals surface area contributed by atoms with Crippen LogP contribution in [0.1, 0.15) is 11.1 Å². The molecule has 166 valence electrons. The summed E-state index contributed by atoms with van der Waals surface area (Å²) in [5.74, 6) is 0.772. The quantitative estimate of drug-likeness (QED) is 0.589. The molecule has 0 N–H and O–H groups in total. The van der Waals surface area contributed by atoms with Crippen LogP contribution < -0.4 is 4.90 Å². The molecule has 9 heteroatoms. The van der Waals surface area contributed by atoms with Crippen molar-refractivity contribution in [1.29, 1.82) is 0 Å². The minimum atomic E-state index is -3.76. The molecule has 0 saturated carbocycles. The molecule has 5 rings (SSSR count). The van der Waals surface area contributed by atoms with Crippen molar-refractivity contribution in [3.63, 3.8) is 0 Å². The van der Waals surface area contributed by atoms with Crippen molar-refractivity contribution in [2.24, 2.45) is 0 Å². The number of nitrogens with zero attached hydrogens (tertiary/aromatic N) is 4. The second-order valence-electron chi connectivity index (χ2n) is 7.97. The molecule has 1 amide bonds. The second kappa shape index (κ2) is 8.65. The molecular weight excluding hydrogens is 444 g/mol. The van der Waals surface area contributed by atoms with Crippen molar-refractivity contribution in [3.05, 3.63) is 77.3 Å². The number of thiophene rings is 1. The van der Waals surface area contributed by atoms with E-state index < -0.39 is 16.1 Å². The maximum atomic E-state index is 13.6. The van der Waals surface area contributed by atoms with Crippen molar-refractivity contribution < 1.29 is 13.2 Å². The number of sulfonamides is 1. The van der Waals surface area contributed by atoms with E-state index in [4.69, 9.17) is 0 Å². The van der Waals surface area contributed by atoms with Crippen molar-refractivity contribution in [2.45, 2.75) is 23.2 Å². The van der Waals surface area contributed by atoms with Gasteiger partial charge in [0.2, 0.25) is 5.91 Å². The summed E-state index contributed by atoms with van der Waals surface area (Å²) < 4.78 is 28.6. The third kappa shape index (κ3) is 3.92. The summed E-state index contributed by atoms with van der Waals surface area (Å²) in [5, 5.41) is 1.75. The lowest BCUT2D eigenvalue weighted by atomic mass is 9.95. The predicted octanol–water partition coefficient (Wildman–Crippen LogP) is 2.61. The minimum Gasteiger partial charge on any atom is -0.353 e. The molecule has 0 aliphatic carbocycles. The Morgan fingerprint density at radius 3 is 2.38 bits per heavy atom.